The summed E-state index contributed by atoms with van der Waals surface area (Å²) in [5.74, 6) is 0. The van der Waals surface area contributed by atoms with E-state index in [1.165, 1.54) is 11.1 Å². The largest absolute Gasteiger partial charge is 0.399 e. The van der Waals surface area contributed by atoms with E-state index in [1.807, 2.05) is 12.1 Å². The molecular weight excluding hydrogens is 312 g/mol. The van der Waals surface area contributed by atoms with Crippen LogP contribution in [0.3, 0.4) is 0 Å². The number of hydrogen-bond donors (Lipinski definition) is 2. The van der Waals surface area contributed by atoms with Crippen LogP contribution in [0.4, 0.5) is 5.69 Å². The van der Waals surface area contributed by atoms with Gasteiger partial charge in [-0.05, 0) is 35.4 Å². The number of anilines is 1. The average molecular weight is 333 g/mol. The molecule has 0 spiro atoms. The van der Waals surface area contributed by atoms with Gasteiger partial charge >= 0.3 is 0 Å². The number of hydrogen-bond acceptors (Lipinski definition) is 2. The van der Waals surface area contributed by atoms with Crippen LogP contribution in [0.2, 0.25) is 0 Å². The Morgan fingerprint density at radius 3 is 2.20 bits per heavy atom. The number of nitrogens with two attached hydrogens (primary N) is 1. The maximum atomic E-state index is 5.69. The Labute approximate surface area is 129 Å². The molecule has 0 aliphatic rings. The van der Waals surface area contributed by atoms with E-state index in [2.05, 4.69) is 71.5 Å². The maximum absolute atomic E-state index is 5.69. The first-order valence-electron chi connectivity index (χ1n) is 6.78. The SMILES string of the molecule is CC(C)(CNCc1ccc(N)cc1)c1ccc(Br)cc1. The van der Waals surface area contributed by atoms with Crippen molar-refractivity contribution in [2.45, 2.75) is 25.8 Å². The molecule has 0 bridgehead atoms. The summed E-state index contributed by atoms with van der Waals surface area (Å²) in [6.45, 7) is 6.30. The molecule has 2 rings (SSSR count). The Hall–Kier alpha value is -1.32. The van der Waals surface area contributed by atoms with Gasteiger partial charge in [0.25, 0.3) is 0 Å². The molecule has 20 heavy (non-hydrogen) atoms. The Bertz CT molecular complexity index is 544. The first-order valence-corrected chi connectivity index (χ1v) is 7.58. The van der Waals surface area contributed by atoms with Crippen LogP contribution < -0.4 is 11.1 Å². The third kappa shape index (κ3) is 4.09. The highest BCUT2D eigenvalue weighted by Crippen LogP contribution is 2.24. The van der Waals surface area contributed by atoms with Gasteiger partial charge in [0.1, 0.15) is 0 Å². The van der Waals surface area contributed by atoms with E-state index in [0.29, 0.717) is 0 Å². The lowest BCUT2D eigenvalue weighted by Crippen LogP contribution is -2.32. The Morgan fingerprint density at radius 2 is 1.60 bits per heavy atom. The number of nitrogens with one attached hydrogen (secondary N) is 1. The molecule has 0 unspecified atom stereocenters. The molecule has 2 nitrogen and oxygen atoms in total. The van der Waals surface area contributed by atoms with Gasteiger partial charge in [-0.25, -0.2) is 0 Å². The monoisotopic (exact) mass is 332 g/mol. The van der Waals surface area contributed by atoms with Gasteiger partial charge in [0.05, 0.1) is 0 Å². The van der Waals surface area contributed by atoms with E-state index >= 15 is 0 Å². The van der Waals surface area contributed by atoms with E-state index in [4.69, 9.17) is 5.73 Å². The molecule has 0 heterocycles. The van der Waals surface area contributed by atoms with Gasteiger partial charge in [0.2, 0.25) is 0 Å². The molecule has 3 N–H and O–H groups in total. The fraction of sp³-hybridized carbons (Fsp3) is 0.294. The minimum atomic E-state index is 0.106. The van der Waals surface area contributed by atoms with Crippen molar-refractivity contribution in [1.82, 2.24) is 5.32 Å². The lowest BCUT2D eigenvalue weighted by Gasteiger charge is -2.26. The molecule has 0 amide bonds. The molecule has 2 aromatic carbocycles. The molecular formula is C17H21BrN2. The highest BCUT2D eigenvalue weighted by molar-refractivity contribution is 9.10. The average Bonchev–Trinajstić information content (AvgIpc) is 2.41. The fourth-order valence-corrected chi connectivity index (χ4v) is 2.42. The molecule has 0 saturated heterocycles. The second-order valence-electron chi connectivity index (χ2n) is 5.74. The van der Waals surface area contributed by atoms with E-state index in [9.17, 15) is 0 Å². The number of nitrogen functional groups attached to an aromatic ring is 1. The highest BCUT2D eigenvalue weighted by Gasteiger charge is 2.19. The van der Waals surface area contributed by atoms with Crippen molar-refractivity contribution in [3.63, 3.8) is 0 Å². The number of benzene rings is 2. The van der Waals surface area contributed by atoms with Crippen molar-refractivity contribution in [2.24, 2.45) is 0 Å². The molecule has 0 atom stereocenters. The Morgan fingerprint density at radius 1 is 1.00 bits per heavy atom. The quantitative estimate of drug-likeness (QED) is 0.809. The lowest BCUT2D eigenvalue weighted by molar-refractivity contribution is 0.469. The van der Waals surface area contributed by atoms with Crippen molar-refractivity contribution in [3.8, 4) is 0 Å². The van der Waals surface area contributed by atoms with Crippen molar-refractivity contribution in [3.05, 3.63) is 64.1 Å². The summed E-state index contributed by atoms with van der Waals surface area (Å²) in [5, 5.41) is 3.52. The predicted molar refractivity (Wildman–Crippen MR) is 89.7 cm³/mol. The van der Waals surface area contributed by atoms with Gasteiger partial charge in [0, 0.05) is 28.7 Å². The zero-order chi connectivity index (χ0) is 14.6. The number of rotatable bonds is 5. The molecule has 0 saturated carbocycles. The van der Waals surface area contributed by atoms with Crippen molar-refractivity contribution < 1.29 is 0 Å². The van der Waals surface area contributed by atoms with Crippen LogP contribution in [0.25, 0.3) is 0 Å². The molecule has 0 radical (unpaired) electrons. The molecule has 2 aromatic rings. The third-order valence-electron chi connectivity index (χ3n) is 3.50. The molecule has 0 aromatic heterocycles. The van der Waals surface area contributed by atoms with Gasteiger partial charge in [-0.3, -0.25) is 0 Å². The first kappa shape index (κ1) is 15.1. The molecule has 0 aliphatic heterocycles. The second-order valence-corrected chi connectivity index (χ2v) is 6.65. The molecule has 0 fully saturated rings. The summed E-state index contributed by atoms with van der Waals surface area (Å²) in [6, 6.07) is 16.6. The third-order valence-corrected chi connectivity index (χ3v) is 4.03. The maximum Gasteiger partial charge on any atom is 0.0314 e. The van der Waals surface area contributed by atoms with E-state index in [1.54, 1.807) is 0 Å². The van der Waals surface area contributed by atoms with E-state index < -0.39 is 0 Å². The summed E-state index contributed by atoms with van der Waals surface area (Å²) in [5.41, 5.74) is 9.20. The van der Waals surface area contributed by atoms with Crippen LogP contribution in [-0.2, 0) is 12.0 Å². The number of halogens is 1. The van der Waals surface area contributed by atoms with Gasteiger partial charge in [-0.2, -0.15) is 0 Å². The van der Waals surface area contributed by atoms with Gasteiger partial charge in [0.15, 0.2) is 0 Å². The first-order chi connectivity index (χ1) is 9.47. The normalized spacial score (nSPS) is 11.6. The van der Waals surface area contributed by atoms with Gasteiger partial charge < -0.3 is 11.1 Å². The van der Waals surface area contributed by atoms with Crippen LogP contribution in [0.15, 0.2) is 53.0 Å². The van der Waals surface area contributed by atoms with Crippen LogP contribution in [0.1, 0.15) is 25.0 Å². The van der Waals surface area contributed by atoms with E-state index in [-0.39, 0.29) is 5.41 Å². The second kappa shape index (κ2) is 6.42. The zero-order valence-corrected chi connectivity index (χ0v) is 13.6. The minimum absolute atomic E-state index is 0.106. The van der Waals surface area contributed by atoms with Crippen LogP contribution >= 0.6 is 15.9 Å². The van der Waals surface area contributed by atoms with Crippen LogP contribution in [0.5, 0.6) is 0 Å². The van der Waals surface area contributed by atoms with Crippen molar-refractivity contribution in [1.29, 1.82) is 0 Å². The Kier molecular flexibility index (Phi) is 4.84. The van der Waals surface area contributed by atoms with Crippen LogP contribution in [0, 0.1) is 0 Å². The summed E-state index contributed by atoms with van der Waals surface area (Å²) < 4.78 is 1.12. The predicted octanol–water partition coefficient (Wildman–Crippen LogP) is 4.10. The topological polar surface area (TPSA) is 38.0 Å². The van der Waals surface area contributed by atoms with E-state index in [0.717, 1.165) is 23.2 Å². The van der Waals surface area contributed by atoms with Crippen molar-refractivity contribution >= 4 is 21.6 Å². The van der Waals surface area contributed by atoms with Crippen molar-refractivity contribution in [2.75, 3.05) is 12.3 Å². The molecule has 106 valence electrons. The summed E-state index contributed by atoms with van der Waals surface area (Å²) >= 11 is 3.48. The standard InChI is InChI=1S/C17H21BrN2/c1-17(2,14-5-7-15(18)8-6-14)12-20-11-13-3-9-16(19)10-4-13/h3-10,20H,11-12,19H2,1-2H3. The fourth-order valence-electron chi connectivity index (χ4n) is 2.16. The minimum Gasteiger partial charge on any atom is -0.399 e. The molecule has 3 heteroatoms. The summed E-state index contributed by atoms with van der Waals surface area (Å²) in [6.07, 6.45) is 0. The Balaban J connectivity index is 1.92. The molecule has 0 aliphatic carbocycles. The summed E-state index contributed by atoms with van der Waals surface area (Å²) in [4.78, 5) is 0. The van der Waals surface area contributed by atoms with Gasteiger partial charge in [-0.1, -0.05) is 54.0 Å². The zero-order valence-electron chi connectivity index (χ0n) is 12.0. The summed E-state index contributed by atoms with van der Waals surface area (Å²) in [7, 11) is 0. The van der Waals surface area contributed by atoms with Crippen LogP contribution in [-0.4, -0.2) is 6.54 Å². The van der Waals surface area contributed by atoms with Gasteiger partial charge in [-0.15, -0.1) is 0 Å². The lowest BCUT2D eigenvalue weighted by atomic mass is 9.84. The highest BCUT2D eigenvalue weighted by atomic mass is 79.9. The smallest absolute Gasteiger partial charge is 0.0314 e.